The first-order valence-electron chi connectivity index (χ1n) is 8.59. The first-order valence-corrected chi connectivity index (χ1v) is 8.59. The van der Waals surface area contributed by atoms with Gasteiger partial charge in [0, 0.05) is 37.6 Å². The van der Waals surface area contributed by atoms with Crippen molar-refractivity contribution in [3.8, 4) is 11.5 Å². The maximum Gasteiger partial charge on any atom is 0.237 e. The molecule has 2 aromatic rings. The Labute approximate surface area is 147 Å². The van der Waals surface area contributed by atoms with Crippen LogP contribution in [0, 0.1) is 0 Å². The fourth-order valence-electron chi connectivity index (χ4n) is 3.22. The van der Waals surface area contributed by atoms with Gasteiger partial charge in [-0.2, -0.15) is 4.98 Å². The molecule has 0 saturated carbocycles. The molecule has 0 N–H and O–H groups in total. The molecule has 3 rings (SSSR count). The van der Waals surface area contributed by atoms with Gasteiger partial charge in [-0.05, 0) is 27.7 Å². The Hall–Kier alpha value is -2.35. The molecule has 1 aliphatic heterocycles. The molecule has 0 aromatic carbocycles. The van der Waals surface area contributed by atoms with E-state index in [9.17, 15) is 4.79 Å². The first kappa shape index (κ1) is 17.5. The van der Waals surface area contributed by atoms with Crippen molar-refractivity contribution in [2.24, 2.45) is 0 Å². The molecule has 1 amide bonds. The summed E-state index contributed by atoms with van der Waals surface area (Å²) in [7, 11) is 0. The van der Waals surface area contributed by atoms with Gasteiger partial charge in [0.2, 0.25) is 17.6 Å². The van der Waals surface area contributed by atoms with Crippen LogP contribution < -0.4 is 0 Å². The third-order valence-corrected chi connectivity index (χ3v) is 4.30. The van der Waals surface area contributed by atoms with Crippen LogP contribution in [0.15, 0.2) is 23.1 Å². The van der Waals surface area contributed by atoms with E-state index in [1.807, 2.05) is 32.6 Å². The Bertz CT molecular complexity index is 701. The van der Waals surface area contributed by atoms with E-state index in [4.69, 9.17) is 4.52 Å². The minimum absolute atomic E-state index is 0.161. The fourth-order valence-corrected chi connectivity index (χ4v) is 3.22. The van der Waals surface area contributed by atoms with Crippen molar-refractivity contribution in [3.05, 3.63) is 24.5 Å². The minimum atomic E-state index is 0.161. The predicted octanol–water partition coefficient (Wildman–Crippen LogP) is 1.57. The molecule has 0 atom stereocenters. The Morgan fingerprint density at radius 2 is 2.00 bits per heavy atom. The van der Waals surface area contributed by atoms with Crippen molar-refractivity contribution < 1.29 is 9.32 Å². The molecule has 2 aromatic heterocycles. The van der Waals surface area contributed by atoms with Crippen LogP contribution in [0.3, 0.4) is 0 Å². The van der Waals surface area contributed by atoms with Gasteiger partial charge in [0.05, 0.1) is 18.7 Å². The quantitative estimate of drug-likeness (QED) is 0.786. The van der Waals surface area contributed by atoms with Crippen molar-refractivity contribution in [1.82, 2.24) is 29.9 Å². The second-order valence-corrected chi connectivity index (χ2v) is 6.93. The summed E-state index contributed by atoms with van der Waals surface area (Å²) >= 11 is 0. The molecule has 1 saturated heterocycles. The maximum absolute atomic E-state index is 12.5. The summed E-state index contributed by atoms with van der Waals surface area (Å²) in [6.07, 6.45) is 4.80. The number of rotatable bonds is 6. The van der Waals surface area contributed by atoms with Crippen molar-refractivity contribution >= 4 is 5.91 Å². The van der Waals surface area contributed by atoms with Crippen LogP contribution >= 0.6 is 0 Å². The van der Waals surface area contributed by atoms with E-state index < -0.39 is 0 Å². The third-order valence-electron chi connectivity index (χ3n) is 4.30. The van der Waals surface area contributed by atoms with E-state index in [2.05, 4.69) is 25.0 Å². The molecule has 3 heterocycles. The number of carbonyl (C=O) groups excluding carboxylic acids is 1. The van der Waals surface area contributed by atoms with Crippen molar-refractivity contribution in [2.75, 3.05) is 19.6 Å². The minimum Gasteiger partial charge on any atom is -0.339 e. The number of likely N-dealkylation sites (tertiary alicyclic amines) is 1. The van der Waals surface area contributed by atoms with Gasteiger partial charge < -0.3 is 9.42 Å². The molecule has 8 heteroatoms. The lowest BCUT2D eigenvalue weighted by atomic mass is 10.00. The summed E-state index contributed by atoms with van der Waals surface area (Å²) in [5.74, 6) is 1.36. The van der Waals surface area contributed by atoms with Gasteiger partial charge in [0.1, 0.15) is 5.69 Å². The molecule has 0 unspecified atom stereocenters. The molecule has 8 nitrogen and oxygen atoms in total. The van der Waals surface area contributed by atoms with Gasteiger partial charge in [-0.15, -0.1) is 0 Å². The zero-order chi connectivity index (χ0) is 18.0. The number of hydrogen-bond donors (Lipinski definition) is 0. The van der Waals surface area contributed by atoms with Gasteiger partial charge in [-0.3, -0.25) is 14.7 Å². The number of nitrogens with zero attached hydrogens (tertiary/aromatic N) is 6. The Morgan fingerprint density at radius 1 is 1.28 bits per heavy atom. The SMILES string of the molecule is CC(C)N(C(=O)CN1CC(c2nc(-c3cnccn3)no2)C1)C(C)C. The molecule has 1 fully saturated rings. The highest BCUT2D eigenvalue weighted by atomic mass is 16.5. The lowest BCUT2D eigenvalue weighted by Gasteiger charge is -2.39. The van der Waals surface area contributed by atoms with Crippen LogP contribution in [0.1, 0.15) is 39.5 Å². The van der Waals surface area contributed by atoms with Crippen LogP contribution in [-0.4, -0.2) is 67.5 Å². The fraction of sp³-hybridized carbons (Fsp3) is 0.588. The van der Waals surface area contributed by atoms with Gasteiger partial charge in [0.25, 0.3) is 0 Å². The molecular formula is C17H24N6O2. The summed E-state index contributed by atoms with van der Waals surface area (Å²) in [4.78, 5) is 29.1. The molecule has 134 valence electrons. The molecule has 0 bridgehead atoms. The number of carbonyl (C=O) groups is 1. The average Bonchev–Trinajstić information content (AvgIpc) is 3.00. The molecule has 1 aliphatic rings. The highest BCUT2D eigenvalue weighted by Gasteiger charge is 2.35. The second kappa shape index (κ2) is 7.26. The van der Waals surface area contributed by atoms with Gasteiger partial charge in [0.15, 0.2) is 0 Å². The van der Waals surface area contributed by atoms with Crippen molar-refractivity contribution in [2.45, 2.75) is 45.7 Å². The monoisotopic (exact) mass is 344 g/mol. The highest BCUT2D eigenvalue weighted by Crippen LogP contribution is 2.27. The Balaban J connectivity index is 1.55. The lowest BCUT2D eigenvalue weighted by molar-refractivity contribution is -0.137. The molecule has 25 heavy (non-hydrogen) atoms. The Kier molecular flexibility index (Phi) is 5.08. The largest absolute Gasteiger partial charge is 0.339 e. The van der Waals surface area contributed by atoms with Crippen molar-refractivity contribution in [3.63, 3.8) is 0 Å². The third kappa shape index (κ3) is 3.84. The van der Waals surface area contributed by atoms with E-state index >= 15 is 0 Å². The normalized spacial score (nSPS) is 15.6. The average molecular weight is 344 g/mol. The second-order valence-electron chi connectivity index (χ2n) is 6.93. The van der Waals surface area contributed by atoms with E-state index in [1.54, 1.807) is 18.6 Å². The molecule has 0 radical (unpaired) electrons. The Morgan fingerprint density at radius 3 is 2.60 bits per heavy atom. The summed E-state index contributed by atoms with van der Waals surface area (Å²) < 4.78 is 5.35. The number of aromatic nitrogens is 4. The first-order chi connectivity index (χ1) is 12.0. The van der Waals surface area contributed by atoms with Crippen LogP contribution in [0.5, 0.6) is 0 Å². The predicted molar refractivity (Wildman–Crippen MR) is 91.6 cm³/mol. The van der Waals surface area contributed by atoms with Crippen LogP contribution in [-0.2, 0) is 4.79 Å². The van der Waals surface area contributed by atoms with E-state index in [0.717, 1.165) is 13.1 Å². The van der Waals surface area contributed by atoms with Crippen molar-refractivity contribution in [1.29, 1.82) is 0 Å². The summed E-state index contributed by atoms with van der Waals surface area (Å²) in [5, 5.41) is 3.97. The van der Waals surface area contributed by atoms with Crippen LogP contribution in [0.2, 0.25) is 0 Å². The van der Waals surface area contributed by atoms with Gasteiger partial charge >= 0.3 is 0 Å². The zero-order valence-electron chi connectivity index (χ0n) is 15.1. The van der Waals surface area contributed by atoms with Gasteiger partial charge in [-0.1, -0.05) is 5.16 Å². The van der Waals surface area contributed by atoms with Crippen LogP contribution in [0.4, 0.5) is 0 Å². The lowest BCUT2D eigenvalue weighted by Crippen LogP contribution is -2.52. The zero-order valence-corrected chi connectivity index (χ0v) is 15.1. The smallest absolute Gasteiger partial charge is 0.237 e. The summed E-state index contributed by atoms with van der Waals surface area (Å²) in [6, 6.07) is 0.408. The number of hydrogen-bond acceptors (Lipinski definition) is 7. The molecular weight excluding hydrogens is 320 g/mol. The van der Waals surface area contributed by atoms with E-state index in [1.165, 1.54) is 0 Å². The maximum atomic E-state index is 12.5. The highest BCUT2D eigenvalue weighted by molar-refractivity contribution is 5.79. The molecule has 0 aliphatic carbocycles. The standard InChI is InChI=1S/C17H24N6O2/c1-11(2)23(12(3)4)15(24)10-22-8-13(9-22)17-20-16(21-25-17)14-7-18-5-6-19-14/h5-7,11-13H,8-10H2,1-4H3. The van der Waals surface area contributed by atoms with Gasteiger partial charge in [-0.25, -0.2) is 4.98 Å². The van der Waals surface area contributed by atoms with E-state index in [0.29, 0.717) is 24.0 Å². The van der Waals surface area contributed by atoms with Crippen LogP contribution in [0.25, 0.3) is 11.5 Å². The summed E-state index contributed by atoms with van der Waals surface area (Å²) in [5.41, 5.74) is 0.591. The summed E-state index contributed by atoms with van der Waals surface area (Å²) in [6.45, 7) is 10.1. The number of amides is 1. The van der Waals surface area contributed by atoms with E-state index in [-0.39, 0.29) is 23.9 Å². The molecule has 0 spiro atoms. The topological polar surface area (TPSA) is 88.3 Å².